The molecule has 4 nitrogen and oxygen atoms in total. The van der Waals surface area contributed by atoms with E-state index in [0.29, 0.717) is 13.0 Å². The first-order chi connectivity index (χ1) is 10.1. The molecule has 0 aliphatic heterocycles. The molecule has 1 atom stereocenters. The Balaban J connectivity index is 2.60. The Morgan fingerprint density at radius 3 is 2.38 bits per heavy atom. The van der Waals surface area contributed by atoms with Gasteiger partial charge < -0.3 is 14.8 Å². The molecule has 0 saturated carbocycles. The smallest absolute Gasteiger partial charge is 0.256 e. The van der Waals surface area contributed by atoms with E-state index in [9.17, 15) is 4.79 Å². The number of rotatable bonds is 9. The summed E-state index contributed by atoms with van der Waals surface area (Å²) in [5.74, 6) is 0.705. The molecule has 1 amide bonds. The number of carbonyl (C=O) groups is 1. The fraction of sp³-hybridized carbons (Fsp3) is 0.588. The van der Waals surface area contributed by atoms with Crippen LogP contribution in [-0.4, -0.2) is 24.7 Å². The summed E-state index contributed by atoms with van der Waals surface area (Å²) >= 11 is 0. The minimum Gasteiger partial charge on any atom is -0.494 e. The van der Waals surface area contributed by atoms with Crippen molar-refractivity contribution in [3.63, 3.8) is 0 Å². The second kappa shape index (κ2) is 8.67. The van der Waals surface area contributed by atoms with Crippen LogP contribution in [0.4, 0.5) is 5.69 Å². The van der Waals surface area contributed by atoms with Crippen molar-refractivity contribution in [3.05, 3.63) is 24.3 Å². The number of hydrogen-bond donors (Lipinski definition) is 1. The van der Waals surface area contributed by atoms with Crippen LogP contribution < -0.4 is 10.1 Å². The summed E-state index contributed by atoms with van der Waals surface area (Å²) in [6.45, 7) is 9.02. The molecule has 21 heavy (non-hydrogen) atoms. The van der Waals surface area contributed by atoms with E-state index < -0.39 is 5.60 Å². The number of carbonyl (C=O) groups excluding carboxylic acids is 1. The molecule has 0 saturated heterocycles. The quantitative estimate of drug-likeness (QED) is 0.700. The van der Waals surface area contributed by atoms with Crippen molar-refractivity contribution < 1.29 is 14.3 Å². The molecule has 1 aromatic rings. The lowest BCUT2D eigenvalue weighted by Gasteiger charge is -2.26. The van der Waals surface area contributed by atoms with E-state index in [2.05, 4.69) is 12.2 Å². The summed E-state index contributed by atoms with van der Waals surface area (Å²) in [6, 6.07) is 7.44. The topological polar surface area (TPSA) is 47.6 Å². The van der Waals surface area contributed by atoms with Crippen molar-refractivity contribution >= 4 is 11.6 Å². The normalized spacial score (nSPS) is 13.5. The van der Waals surface area contributed by atoms with Crippen LogP contribution in [0.2, 0.25) is 0 Å². The van der Waals surface area contributed by atoms with Crippen LogP contribution in [0.5, 0.6) is 5.75 Å². The summed E-state index contributed by atoms with van der Waals surface area (Å²) in [7, 11) is 0. The monoisotopic (exact) mass is 293 g/mol. The molecule has 1 unspecified atom stereocenters. The first-order valence-electron chi connectivity index (χ1n) is 7.74. The van der Waals surface area contributed by atoms with Crippen LogP contribution in [0.25, 0.3) is 0 Å². The Morgan fingerprint density at radius 2 is 1.86 bits per heavy atom. The van der Waals surface area contributed by atoms with Crippen molar-refractivity contribution in [3.8, 4) is 5.75 Å². The molecule has 0 radical (unpaired) electrons. The predicted octanol–water partition coefficient (Wildman–Crippen LogP) is 4.01. The van der Waals surface area contributed by atoms with Gasteiger partial charge >= 0.3 is 0 Å². The van der Waals surface area contributed by atoms with E-state index in [1.54, 1.807) is 0 Å². The van der Waals surface area contributed by atoms with Crippen LogP contribution >= 0.6 is 0 Å². The van der Waals surface area contributed by atoms with E-state index in [0.717, 1.165) is 30.9 Å². The van der Waals surface area contributed by atoms with Gasteiger partial charge in [-0.15, -0.1) is 0 Å². The van der Waals surface area contributed by atoms with Crippen LogP contribution in [0.1, 0.15) is 47.0 Å². The van der Waals surface area contributed by atoms with Gasteiger partial charge in [0.15, 0.2) is 0 Å². The predicted molar refractivity (Wildman–Crippen MR) is 85.8 cm³/mol. The maximum absolute atomic E-state index is 12.3. The van der Waals surface area contributed by atoms with Crippen molar-refractivity contribution in [1.82, 2.24) is 0 Å². The van der Waals surface area contributed by atoms with Gasteiger partial charge in [0.05, 0.1) is 6.61 Å². The van der Waals surface area contributed by atoms with Gasteiger partial charge in [0, 0.05) is 12.3 Å². The zero-order valence-electron chi connectivity index (χ0n) is 13.6. The van der Waals surface area contributed by atoms with Gasteiger partial charge in [0.2, 0.25) is 0 Å². The van der Waals surface area contributed by atoms with Crippen molar-refractivity contribution in [2.75, 3.05) is 18.5 Å². The standard InChI is InChI=1S/C17H27NO3/c1-5-8-13-20-15-11-9-14(10-12-15)18-16(19)17(4,6-2)21-7-3/h9-12H,5-8,13H2,1-4H3,(H,18,19). The zero-order valence-corrected chi connectivity index (χ0v) is 13.6. The molecule has 0 aliphatic rings. The zero-order chi connectivity index (χ0) is 15.7. The van der Waals surface area contributed by atoms with E-state index in [4.69, 9.17) is 9.47 Å². The Labute approximate surface area is 127 Å². The largest absolute Gasteiger partial charge is 0.494 e. The lowest BCUT2D eigenvalue weighted by Crippen LogP contribution is -2.42. The molecule has 1 rings (SSSR count). The van der Waals surface area contributed by atoms with Crippen LogP contribution in [0, 0.1) is 0 Å². The van der Waals surface area contributed by atoms with Gasteiger partial charge in [-0.1, -0.05) is 20.3 Å². The molecule has 118 valence electrons. The molecular formula is C17H27NO3. The van der Waals surface area contributed by atoms with Gasteiger partial charge in [0.1, 0.15) is 11.4 Å². The minimum absolute atomic E-state index is 0.119. The van der Waals surface area contributed by atoms with E-state index in [-0.39, 0.29) is 5.91 Å². The fourth-order valence-corrected chi connectivity index (χ4v) is 1.88. The average molecular weight is 293 g/mol. The van der Waals surface area contributed by atoms with Crippen molar-refractivity contribution in [1.29, 1.82) is 0 Å². The Hall–Kier alpha value is -1.55. The highest BCUT2D eigenvalue weighted by Gasteiger charge is 2.31. The average Bonchev–Trinajstić information content (AvgIpc) is 2.49. The second-order valence-corrected chi connectivity index (χ2v) is 5.20. The molecule has 4 heteroatoms. The maximum Gasteiger partial charge on any atom is 0.256 e. The Morgan fingerprint density at radius 1 is 1.19 bits per heavy atom. The summed E-state index contributed by atoms with van der Waals surface area (Å²) in [5, 5.41) is 2.89. The van der Waals surface area contributed by atoms with Crippen molar-refractivity contribution in [2.45, 2.75) is 52.6 Å². The van der Waals surface area contributed by atoms with Crippen LogP contribution in [0.3, 0.4) is 0 Å². The summed E-state index contributed by atoms with van der Waals surface area (Å²) < 4.78 is 11.2. The SMILES string of the molecule is CCCCOc1ccc(NC(=O)C(C)(CC)OCC)cc1. The molecule has 0 spiro atoms. The molecule has 1 aromatic carbocycles. The van der Waals surface area contributed by atoms with Gasteiger partial charge in [-0.2, -0.15) is 0 Å². The highest BCUT2D eigenvalue weighted by molar-refractivity contribution is 5.97. The number of nitrogens with one attached hydrogen (secondary N) is 1. The first-order valence-corrected chi connectivity index (χ1v) is 7.74. The van der Waals surface area contributed by atoms with Gasteiger partial charge in [-0.25, -0.2) is 0 Å². The molecule has 1 N–H and O–H groups in total. The fourth-order valence-electron chi connectivity index (χ4n) is 1.88. The number of amides is 1. The van der Waals surface area contributed by atoms with Gasteiger partial charge in [-0.05, 0) is 51.0 Å². The molecular weight excluding hydrogens is 266 g/mol. The third kappa shape index (κ3) is 5.38. The lowest BCUT2D eigenvalue weighted by molar-refractivity contribution is -0.139. The third-order valence-electron chi connectivity index (χ3n) is 3.50. The second-order valence-electron chi connectivity index (χ2n) is 5.20. The summed E-state index contributed by atoms with van der Waals surface area (Å²) in [6.07, 6.45) is 2.79. The number of unbranched alkanes of at least 4 members (excludes halogenated alkanes) is 1. The maximum atomic E-state index is 12.3. The highest BCUT2D eigenvalue weighted by atomic mass is 16.5. The molecule has 0 bridgehead atoms. The summed E-state index contributed by atoms with van der Waals surface area (Å²) in [5.41, 5.74) is -0.0346. The minimum atomic E-state index is -0.787. The van der Waals surface area contributed by atoms with Crippen molar-refractivity contribution in [2.24, 2.45) is 0 Å². The Bertz CT molecular complexity index is 430. The van der Waals surface area contributed by atoms with Gasteiger partial charge in [0.25, 0.3) is 5.91 Å². The number of ether oxygens (including phenoxy) is 2. The lowest BCUT2D eigenvalue weighted by atomic mass is 10.0. The molecule has 0 fully saturated rings. The van der Waals surface area contributed by atoms with Gasteiger partial charge in [-0.3, -0.25) is 4.79 Å². The highest BCUT2D eigenvalue weighted by Crippen LogP contribution is 2.20. The molecule has 0 aliphatic carbocycles. The molecule has 0 heterocycles. The molecule has 0 aromatic heterocycles. The van der Waals surface area contributed by atoms with E-state index >= 15 is 0 Å². The summed E-state index contributed by atoms with van der Waals surface area (Å²) in [4.78, 5) is 12.3. The first kappa shape index (κ1) is 17.5. The third-order valence-corrected chi connectivity index (χ3v) is 3.50. The number of benzene rings is 1. The van der Waals surface area contributed by atoms with Crippen LogP contribution in [-0.2, 0) is 9.53 Å². The van der Waals surface area contributed by atoms with Crippen LogP contribution in [0.15, 0.2) is 24.3 Å². The van der Waals surface area contributed by atoms with E-state index in [1.165, 1.54) is 0 Å². The number of anilines is 1. The Kier molecular flexibility index (Phi) is 7.23. The van der Waals surface area contributed by atoms with E-state index in [1.807, 2.05) is 45.0 Å². The number of hydrogen-bond acceptors (Lipinski definition) is 3.